The molecule has 0 bridgehead atoms. The molecule has 2 heterocycles. The summed E-state index contributed by atoms with van der Waals surface area (Å²) in [5.74, 6) is 1.38. The molecule has 4 rings (SSSR count). The molecule has 0 N–H and O–H groups in total. The number of ketones is 1. The molecule has 5 heteroatoms. The van der Waals surface area contributed by atoms with Gasteiger partial charge in [0.05, 0.1) is 12.8 Å². The van der Waals surface area contributed by atoms with Gasteiger partial charge < -0.3 is 14.4 Å². The highest BCUT2D eigenvalue weighted by Crippen LogP contribution is 2.30. The fourth-order valence-electron chi connectivity index (χ4n) is 3.47. The minimum absolute atomic E-state index is 0.110. The van der Waals surface area contributed by atoms with Crippen molar-refractivity contribution in [1.82, 2.24) is 4.90 Å². The van der Waals surface area contributed by atoms with Crippen LogP contribution in [0, 0.1) is 6.92 Å². The van der Waals surface area contributed by atoms with Crippen LogP contribution in [0.15, 0.2) is 54.8 Å². The van der Waals surface area contributed by atoms with Crippen LogP contribution < -0.4 is 14.4 Å². The number of Topliss-reactive ketones (excluding diaryl/α,β-unsaturated/α-hetero) is 1. The number of ether oxygens (including phenoxy) is 2. The van der Waals surface area contributed by atoms with Gasteiger partial charge in [0.2, 0.25) is 0 Å². The molecule has 0 saturated carbocycles. The number of hydrogen-bond donors (Lipinski definition) is 0. The topological polar surface area (TPSA) is 42.0 Å². The van der Waals surface area contributed by atoms with Crippen molar-refractivity contribution < 1.29 is 14.3 Å². The van der Waals surface area contributed by atoms with Crippen LogP contribution in [0.25, 0.3) is 0 Å². The maximum absolute atomic E-state index is 12.7. The zero-order valence-electron chi connectivity index (χ0n) is 15.6. The molecule has 2 aliphatic rings. The predicted molar refractivity (Wildman–Crippen MR) is 106 cm³/mol. The Morgan fingerprint density at radius 1 is 1.04 bits per heavy atom. The summed E-state index contributed by atoms with van der Waals surface area (Å²) in [7, 11) is 0. The first-order chi connectivity index (χ1) is 13.2. The van der Waals surface area contributed by atoms with Crippen LogP contribution in [-0.2, 0) is 0 Å². The summed E-state index contributed by atoms with van der Waals surface area (Å²) in [6.45, 7) is 6.65. The molecule has 0 unspecified atom stereocenters. The Labute approximate surface area is 159 Å². The molecule has 2 aromatic rings. The van der Waals surface area contributed by atoms with E-state index in [-0.39, 0.29) is 5.78 Å². The molecule has 140 valence electrons. The third kappa shape index (κ3) is 4.14. The molecule has 0 aliphatic carbocycles. The Bertz CT molecular complexity index is 854. The molecule has 0 spiro atoms. The second kappa shape index (κ2) is 7.84. The Balaban J connectivity index is 1.36. The van der Waals surface area contributed by atoms with Gasteiger partial charge in [-0.05, 0) is 48.9 Å². The largest absolute Gasteiger partial charge is 0.485 e. The van der Waals surface area contributed by atoms with Gasteiger partial charge in [-0.1, -0.05) is 12.1 Å². The van der Waals surface area contributed by atoms with Crippen molar-refractivity contribution in [3.63, 3.8) is 0 Å². The molecule has 0 amide bonds. The smallest absolute Gasteiger partial charge is 0.176 e. The second-order valence-corrected chi connectivity index (χ2v) is 6.99. The first kappa shape index (κ1) is 17.6. The summed E-state index contributed by atoms with van der Waals surface area (Å²) >= 11 is 0. The number of benzene rings is 2. The summed E-state index contributed by atoms with van der Waals surface area (Å²) in [5.41, 5.74) is 3.19. The standard InChI is InChI=1S/C22H24N2O3/c1-17-4-2-5-19(14-17)24-10-8-23(9-11-24)16-20(25)18-6-7-21-22(15-18)27-13-3-12-26-21/h2-7,13-15H,8-12,16H2,1H3. The van der Waals surface area contributed by atoms with Gasteiger partial charge in [0.25, 0.3) is 0 Å². The zero-order valence-corrected chi connectivity index (χ0v) is 15.6. The van der Waals surface area contributed by atoms with E-state index in [1.54, 1.807) is 18.4 Å². The summed E-state index contributed by atoms with van der Waals surface area (Å²) < 4.78 is 11.1. The van der Waals surface area contributed by atoms with Gasteiger partial charge in [0.1, 0.15) is 6.61 Å². The van der Waals surface area contributed by atoms with Crippen LogP contribution in [0.1, 0.15) is 15.9 Å². The van der Waals surface area contributed by atoms with E-state index in [0.717, 1.165) is 26.2 Å². The Kier molecular flexibility index (Phi) is 5.12. The van der Waals surface area contributed by atoms with Crippen LogP contribution in [0.4, 0.5) is 5.69 Å². The molecule has 5 nitrogen and oxygen atoms in total. The summed E-state index contributed by atoms with van der Waals surface area (Å²) in [5, 5.41) is 0. The number of rotatable bonds is 4. The SMILES string of the molecule is Cc1cccc(N2CCN(CC(=O)c3ccc4c(c3)OC=CCO4)CC2)c1. The van der Waals surface area contributed by atoms with E-state index in [9.17, 15) is 4.79 Å². The number of piperazine rings is 1. The molecule has 0 radical (unpaired) electrons. The Hall–Kier alpha value is -2.79. The van der Waals surface area contributed by atoms with Crippen molar-refractivity contribution in [1.29, 1.82) is 0 Å². The monoisotopic (exact) mass is 364 g/mol. The highest BCUT2D eigenvalue weighted by Gasteiger charge is 2.21. The van der Waals surface area contributed by atoms with E-state index in [2.05, 4.69) is 41.0 Å². The van der Waals surface area contributed by atoms with Crippen molar-refractivity contribution in [2.45, 2.75) is 6.92 Å². The van der Waals surface area contributed by atoms with Crippen LogP contribution >= 0.6 is 0 Å². The molecule has 0 aromatic heterocycles. The van der Waals surface area contributed by atoms with E-state index >= 15 is 0 Å². The molecular formula is C22H24N2O3. The highest BCUT2D eigenvalue weighted by molar-refractivity contribution is 5.98. The average Bonchev–Trinajstić information content (AvgIpc) is 2.93. The van der Waals surface area contributed by atoms with Gasteiger partial charge in [-0.15, -0.1) is 0 Å². The van der Waals surface area contributed by atoms with Crippen molar-refractivity contribution in [3.8, 4) is 11.5 Å². The van der Waals surface area contributed by atoms with Gasteiger partial charge in [0, 0.05) is 37.4 Å². The molecular weight excluding hydrogens is 340 g/mol. The molecule has 27 heavy (non-hydrogen) atoms. The van der Waals surface area contributed by atoms with Crippen LogP contribution in [0.2, 0.25) is 0 Å². The first-order valence-corrected chi connectivity index (χ1v) is 9.35. The van der Waals surface area contributed by atoms with Crippen molar-refractivity contribution in [2.24, 2.45) is 0 Å². The third-order valence-electron chi connectivity index (χ3n) is 5.00. The van der Waals surface area contributed by atoms with Gasteiger partial charge >= 0.3 is 0 Å². The lowest BCUT2D eigenvalue weighted by molar-refractivity contribution is 0.0926. The van der Waals surface area contributed by atoms with E-state index in [1.165, 1.54) is 11.3 Å². The van der Waals surface area contributed by atoms with Gasteiger partial charge in [-0.2, -0.15) is 0 Å². The minimum Gasteiger partial charge on any atom is -0.485 e. The fraction of sp³-hybridized carbons (Fsp3) is 0.318. The van der Waals surface area contributed by atoms with Crippen LogP contribution in [-0.4, -0.2) is 50.0 Å². The van der Waals surface area contributed by atoms with Gasteiger partial charge in [0.15, 0.2) is 17.3 Å². The third-order valence-corrected chi connectivity index (χ3v) is 5.00. The highest BCUT2D eigenvalue weighted by atomic mass is 16.5. The van der Waals surface area contributed by atoms with Crippen molar-refractivity contribution >= 4 is 11.5 Å². The number of nitrogens with zero attached hydrogens (tertiary/aromatic N) is 2. The predicted octanol–water partition coefficient (Wildman–Crippen LogP) is 3.28. The van der Waals surface area contributed by atoms with Gasteiger partial charge in [-0.3, -0.25) is 9.69 Å². The Morgan fingerprint density at radius 2 is 1.89 bits per heavy atom. The van der Waals surface area contributed by atoms with Crippen molar-refractivity contribution in [2.75, 3.05) is 44.2 Å². The normalized spacial score (nSPS) is 16.9. The first-order valence-electron chi connectivity index (χ1n) is 9.35. The fourth-order valence-corrected chi connectivity index (χ4v) is 3.47. The average molecular weight is 364 g/mol. The lowest BCUT2D eigenvalue weighted by atomic mass is 10.1. The number of anilines is 1. The number of carbonyl (C=O) groups excluding carboxylic acids is 1. The van der Waals surface area contributed by atoms with Crippen LogP contribution in [0.3, 0.4) is 0 Å². The quantitative estimate of drug-likeness (QED) is 0.779. The van der Waals surface area contributed by atoms with Gasteiger partial charge in [-0.25, -0.2) is 0 Å². The van der Waals surface area contributed by atoms with Crippen molar-refractivity contribution in [3.05, 3.63) is 65.9 Å². The molecule has 2 aromatic carbocycles. The van der Waals surface area contributed by atoms with E-state index in [1.807, 2.05) is 12.1 Å². The summed E-state index contributed by atoms with van der Waals surface area (Å²) in [6.07, 6.45) is 3.40. The van der Waals surface area contributed by atoms with E-state index < -0.39 is 0 Å². The maximum Gasteiger partial charge on any atom is 0.176 e. The number of aryl methyl sites for hydroxylation is 1. The minimum atomic E-state index is 0.110. The second-order valence-electron chi connectivity index (χ2n) is 6.99. The molecule has 1 fully saturated rings. The van der Waals surface area contributed by atoms with E-state index in [4.69, 9.17) is 9.47 Å². The lowest BCUT2D eigenvalue weighted by Crippen LogP contribution is -2.48. The zero-order chi connectivity index (χ0) is 18.6. The lowest BCUT2D eigenvalue weighted by Gasteiger charge is -2.35. The summed E-state index contributed by atoms with van der Waals surface area (Å²) in [4.78, 5) is 17.3. The maximum atomic E-state index is 12.7. The number of fused-ring (bicyclic) bond motifs is 1. The molecule has 0 atom stereocenters. The Morgan fingerprint density at radius 3 is 2.70 bits per heavy atom. The molecule has 2 aliphatic heterocycles. The molecule has 1 saturated heterocycles. The number of hydrogen-bond acceptors (Lipinski definition) is 5. The van der Waals surface area contributed by atoms with Crippen LogP contribution in [0.5, 0.6) is 11.5 Å². The summed E-state index contributed by atoms with van der Waals surface area (Å²) in [6, 6.07) is 14.0. The van der Waals surface area contributed by atoms with E-state index in [0.29, 0.717) is 30.2 Å². The number of carbonyl (C=O) groups is 1.